The molecule has 0 unspecified atom stereocenters. The van der Waals surface area contributed by atoms with Crippen LogP contribution >= 0.6 is 23.2 Å². The first kappa shape index (κ1) is 11.6. The molecule has 4 nitrogen and oxygen atoms in total. The highest BCUT2D eigenvalue weighted by atomic mass is 35.5. The molecule has 1 aliphatic rings. The van der Waals surface area contributed by atoms with Crippen molar-refractivity contribution in [3.8, 4) is 0 Å². The minimum absolute atomic E-state index is 0.158. The van der Waals surface area contributed by atoms with Crippen molar-refractivity contribution in [1.29, 1.82) is 0 Å². The van der Waals surface area contributed by atoms with Gasteiger partial charge >= 0.3 is 0 Å². The number of carbonyl (C=O) groups is 1. The number of nitrogens with zero attached hydrogens (tertiary/aromatic N) is 2. The highest BCUT2D eigenvalue weighted by Gasteiger charge is 2.21. The summed E-state index contributed by atoms with van der Waals surface area (Å²) in [5, 5.41) is 3.79. The van der Waals surface area contributed by atoms with E-state index in [9.17, 15) is 4.79 Å². The van der Waals surface area contributed by atoms with Crippen LogP contribution in [0.3, 0.4) is 0 Å². The molecule has 0 spiro atoms. The van der Waals surface area contributed by atoms with Crippen molar-refractivity contribution in [1.82, 2.24) is 15.2 Å². The normalized spacial score (nSPS) is 16.2. The molecule has 0 radical (unpaired) electrons. The number of piperazine rings is 1. The summed E-state index contributed by atoms with van der Waals surface area (Å²) in [4.78, 5) is 17.8. The lowest BCUT2D eigenvalue weighted by Gasteiger charge is -2.27. The van der Waals surface area contributed by atoms with Crippen LogP contribution in [0, 0.1) is 0 Å². The third-order valence-corrected chi connectivity index (χ3v) is 2.93. The molecular formula is C10H11Cl2N3O. The van der Waals surface area contributed by atoms with Gasteiger partial charge < -0.3 is 10.2 Å². The third kappa shape index (κ3) is 2.45. The molecule has 1 N–H and O–H groups in total. The molecule has 1 aliphatic heterocycles. The molecule has 2 rings (SSSR count). The second-order valence-electron chi connectivity index (χ2n) is 3.51. The number of hydrogen-bond acceptors (Lipinski definition) is 3. The van der Waals surface area contributed by atoms with Crippen LogP contribution in [-0.4, -0.2) is 42.0 Å². The van der Waals surface area contributed by atoms with Gasteiger partial charge in [-0.15, -0.1) is 0 Å². The molecule has 1 fully saturated rings. The number of nitrogens with one attached hydrogen (secondary N) is 1. The Kier molecular flexibility index (Phi) is 3.63. The molecule has 0 aromatic carbocycles. The van der Waals surface area contributed by atoms with Crippen LogP contribution in [0.2, 0.25) is 10.2 Å². The molecule has 6 heteroatoms. The first-order chi connectivity index (χ1) is 7.68. The summed E-state index contributed by atoms with van der Waals surface area (Å²) in [5.74, 6) is -0.158. The summed E-state index contributed by atoms with van der Waals surface area (Å²) < 4.78 is 0. The second-order valence-corrected chi connectivity index (χ2v) is 4.30. The predicted molar refractivity (Wildman–Crippen MR) is 63.0 cm³/mol. The van der Waals surface area contributed by atoms with E-state index in [4.69, 9.17) is 23.2 Å². The van der Waals surface area contributed by atoms with Crippen LogP contribution < -0.4 is 5.32 Å². The minimum atomic E-state index is -0.158. The fourth-order valence-electron chi connectivity index (χ4n) is 1.59. The van der Waals surface area contributed by atoms with Crippen molar-refractivity contribution in [3.05, 3.63) is 28.0 Å². The van der Waals surface area contributed by atoms with Gasteiger partial charge in [0.05, 0.1) is 5.02 Å². The highest BCUT2D eigenvalue weighted by Crippen LogP contribution is 2.18. The summed E-state index contributed by atoms with van der Waals surface area (Å²) in [6.45, 7) is 2.93. The average molecular weight is 260 g/mol. The van der Waals surface area contributed by atoms with Crippen LogP contribution in [0.15, 0.2) is 12.1 Å². The molecule has 0 aliphatic carbocycles. The Balaban J connectivity index is 2.22. The maximum absolute atomic E-state index is 12.1. The van der Waals surface area contributed by atoms with E-state index in [1.54, 1.807) is 17.0 Å². The number of rotatable bonds is 1. The molecule has 1 amide bonds. The number of halogens is 2. The van der Waals surface area contributed by atoms with Gasteiger partial charge in [0.25, 0.3) is 5.91 Å². The molecule has 2 heterocycles. The zero-order valence-electron chi connectivity index (χ0n) is 8.54. The Morgan fingerprint density at radius 2 is 2.00 bits per heavy atom. The zero-order chi connectivity index (χ0) is 11.5. The van der Waals surface area contributed by atoms with Gasteiger partial charge in [0.1, 0.15) is 10.8 Å². The van der Waals surface area contributed by atoms with Crippen LogP contribution in [0.1, 0.15) is 10.5 Å². The number of pyridine rings is 1. The van der Waals surface area contributed by atoms with E-state index in [2.05, 4.69) is 10.3 Å². The number of amides is 1. The maximum atomic E-state index is 12.1. The second kappa shape index (κ2) is 4.99. The van der Waals surface area contributed by atoms with E-state index in [0.717, 1.165) is 13.1 Å². The Morgan fingerprint density at radius 1 is 1.31 bits per heavy atom. The molecule has 1 aromatic heterocycles. The van der Waals surface area contributed by atoms with E-state index in [1.165, 1.54) is 0 Å². The quantitative estimate of drug-likeness (QED) is 0.777. The van der Waals surface area contributed by atoms with Gasteiger partial charge in [-0.05, 0) is 12.1 Å². The molecule has 1 aromatic rings. The number of aromatic nitrogens is 1. The molecule has 0 saturated carbocycles. The van der Waals surface area contributed by atoms with E-state index in [0.29, 0.717) is 18.1 Å². The van der Waals surface area contributed by atoms with E-state index < -0.39 is 0 Å². The van der Waals surface area contributed by atoms with Crippen molar-refractivity contribution in [3.63, 3.8) is 0 Å². The lowest BCUT2D eigenvalue weighted by Crippen LogP contribution is -2.46. The Hall–Kier alpha value is -0.840. The lowest BCUT2D eigenvalue weighted by molar-refractivity contribution is 0.0730. The topological polar surface area (TPSA) is 45.2 Å². The average Bonchev–Trinajstić information content (AvgIpc) is 2.32. The van der Waals surface area contributed by atoms with Crippen molar-refractivity contribution in [2.45, 2.75) is 0 Å². The standard InChI is InChI=1S/C10H11Cl2N3O/c11-7-1-2-8(12)14-9(7)10(16)15-5-3-13-4-6-15/h1-2,13H,3-6H2. The van der Waals surface area contributed by atoms with Crippen molar-refractivity contribution >= 4 is 29.1 Å². The molecule has 0 atom stereocenters. The van der Waals surface area contributed by atoms with Gasteiger partial charge in [-0.25, -0.2) is 4.98 Å². The monoisotopic (exact) mass is 259 g/mol. The highest BCUT2D eigenvalue weighted by molar-refractivity contribution is 6.34. The SMILES string of the molecule is O=C(c1nc(Cl)ccc1Cl)N1CCNCC1. The largest absolute Gasteiger partial charge is 0.335 e. The molecular weight excluding hydrogens is 249 g/mol. The molecule has 0 bridgehead atoms. The summed E-state index contributed by atoms with van der Waals surface area (Å²) in [7, 11) is 0. The smallest absolute Gasteiger partial charge is 0.274 e. The lowest BCUT2D eigenvalue weighted by atomic mass is 10.3. The number of carbonyl (C=O) groups excluding carboxylic acids is 1. The maximum Gasteiger partial charge on any atom is 0.274 e. The fourth-order valence-corrected chi connectivity index (χ4v) is 1.92. The Bertz CT molecular complexity index is 405. The summed E-state index contributed by atoms with van der Waals surface area (Å²) in [6, 6.07) is 3.16. The van der Waals surface area contributed by atoms with Crippen molar-refractivity contribution < 1.29 is 4.79 Å². The summed E-state index contributed by atoms with van der Waals surface area (Å²) in [5.41, 5.74) is 0.232. The first-order valence-electron chi connectivity index (χ1n) is 5.00. The number of hydrogen-bond donors (Lipinski definition) is 1. The van der Waals surface area contributed by atoms with Crippen molar-refractivity contribution in [2.75, 3.05) is 26.2 Å². The van der Waals surface area contributed by atoms with Gasteiger partial charge in [0.2, 0.25) is 0 Å². The zero-order valence-corrected chi connectivity index (χ0v) is 10.1. The van der Waals surface area contributed by atoms with Crippen LogP contribution in [0.4, 0.5) is 0 Å². The van der Waals surface area contributed by atoms with E-state index >= 15 is 0 Å². The van der Waals surface area contributed by atoms with E-state index in [1.807, 2.05) is 0 Å². The molecule has 1 saturated heterocycles. The Labute approximate surface area is 104 Å². The minimum Gasteiger partial charge on any atom is -0.335 e. The van der Waals surface area contributed by atoms with Gasteiger partial charge in [-0.1, -0.05) is 23.2 Å². The Morgan fingerprint density at radius 3 is 2.69 bits per heavy atom. The first-order valence-corrected chi connectivity index (χ1v) is 5.76. The third-order valence-electron chi connectivity index (χ3n) is 2.42. The summed E-state index contributed by atoms with van der Waals surface area (Å²) >= 11 is 11.7. The van der Waals surface area contributed by atoms with Crippen LogP contribution in [-0.2, 0) is 0 Å². The fraction of sp³-hybridized carbons (Fsp3) is 0.400. The molecule has 16 heavy (non-hydrogen) atoms. The van der Waals surface area contributed by atoms with Gasteiger partial charge in [-0.3, -0.25) is 4.79 Å². The van der Waals surface area contributed by atoms with Crippen LogP contribution in [0.25, 0.3) is 0 Å². The van der Waals surface area contributed by atoms with Crippen LogP contribution in [0.5, 0.6) is 0 Å². The predicted octanol–water partition coefficient (Wildman–Crippen LogP) is 1.43. The van der Waals surface area contributed by atoms with Gasteiger partial charge in [0, 0.05) is 26.2 Å². The van der Waals surface area contributed by atoms with Gasteiger partial charge in [-0.2, -0.15) is 0 Å². The molecule has 86 valence electrons. The summed E-state index contributed by atoms with van der Waals surface area (Å²) in [6.07, 6.45) is 0. The van der Waals surface area contributed by atoms with E-state index in [-0.39, 0.29) is 16.8 Å². The van der Waals surface area contributed by atoms with Gasteiger partial charge in [0.15, 0.2) is 0 Å². The van der Waals surface area contributed by atoms with Crippen molar-refractivity contribution in [2.24, 2.45) is 0 Å².